The predicted octanol–water partition coefficient (Wildman–Crippen LogP) is 2.39. The Morgan fingerprint density at radius 2 is 2.38 bits per heavy atom. The molecule has 3 nitrogen and oxygen atoms in total. The molecule has 0 aliphatic carbocycles. The Morgan fingerprint density at radius 3 is 2.77 bits per heavy atom. The maximum atomic E-state index is 11.6. The summed E-state index contributed by atoms with van der Waals surface area (Å²) in [4.78, 5) is 11.6. The monoisotopic (exact) mass is 246 g/mol. The second kappa shape index (κ2) is 3.64. The Kier molecular flexibility index (Phi) is 2.93. The Bertz CT molecular complexity index is 314. The molecular weight excluding hydrogens is 236 g/mol. The maximum Gasteiger partial charge on any atom is 0.230 e. The van der Waals surface area contributed by atoms with Crippen molar-refractivity contribution in [3.8, 4) is 0 Å². The summed E-state index contributed by atoms with van der Waals surface area (Å²) in [5, 5.41) is 9.66. The van der Waals surface area contributed by atoms with Gasteiger partial charge in [0.1, 0.15) is 5.60 Å². The topological polar surface area (TPSA) is 50.4 Å². The predicted molar refractivity (Wildman–Crippen MR) is 51.7 cm³/mol. The van der Waals surface area contributed by atoms with Gasteiger partial charge < -0.3 is 9.52 Å². The summed E-state index contributed by atoms with van der Waals surface area (Å²) < 4.78 is 5.53. The molecule has 1 rings (SSSR count). The molecular formula is C9H11BrO3. The van der Waals surface area contributed by atoms with E-state index in [4.69, 9.17) is 4.42 Å². The van der Waals surface area contributed by atoms with Gasteiger partial charge in [-0.2, -0.15) is 0 Å². The third-order valence-corrected chi connectivity index (χ3v) is 2.63. The molecule has 0 saturated carbocycles. The zero-order chi connectivity index (χ0) is 10.1. The van der Waals surface area contributed by atoms with E-state index in [1.807, 2.05) is 0 Å². The van der Waals surface area contributed by atoms with E-state index in [1.165, 1.54) is 13.2 Å². The van der Waals surface area contributed by atoms with Crippen LogP contribution in [0.1, 0.15) is 30.8 Å². The van der Waals surface area contributed by atoms with Gasteiger partial charge in [0.2, 0.25) is 5.78 Å². The molecule has 0 bridgehead atoms. The van der Waals surface area contributed by atoms with Crippen LogP contribution >= 0.6 is 15.9 Å². The van der Waals surface area contributed by atoms with Gasteiger partial charge in [-0.05, 0) is 35.3 Å². The average molecular weight is 247 g/mol. The summed E-state index contributed by atoms with van der Waals surface area (Å²) in [6.07, 6.45) is 1.77. The summed E-state index contributed by atoms with van der Waals surface area (Å²) >= 11 is 3.16. The van der Waals surface area contributed by atoms with Crippen molar-refractivity contribution in [2.24, 2.45) is 0 Å². The van der Waals surface area contributed by atoms with Gasteiger partial charge in [-0.3, -0.25) is 4.79 Å². The van der Waals surface area contributed by atoms with Crippen LogP contribution in [0.25, 0.3) is 0 Å². The summed E-state index contributed by atoms with van der Waals surface area (Å²) in [5.74, 6) is -0.223. The molecule has 1 heterocycles. The highest BCUT2D eigenvalue weighted by molar-refractivity contribution is 9.10. The number of hydrogen-bond acceptors (Lipinski definition) is 3. The van der Waals surface area contributed by atoms with Crippen LogP contribution in [0.2, 0.25) is 0 Å². The molecule has 1 unspecified atom stereocenters. The van der Waals surface area contributed by atoms with Crippen LogP contribution in [-0.2, 0) is 0 Å². The molecule has 0 saturated heterocycles. The molecule has 0 aliphatic rings. The van der Waals surface area contributed by atoms with Gasteiger partial charge in [-0.1, -0.05) is 6.92 Å². The standard InChI is InChI=1S/C9H11BrO3/c1-3-9(2,12)8(11)7-6(10)4-5-13-7/h4-5,12H,3H2,1-2H3. The molecule has 1 N–H and O–H groups in total. The van der Waals surface area contributed by atoms with Crippen molar-refractivity contribution < 1.29 is 14.3 Å². The summed E-state index contributed by atoms with van der Waals surface area (Å²) in [7, 11) is 0. The first-order chi connectivity index (χ1) is 5.99. The first-order valence-electron chi connectivity index (χ1n) is 3.99. The number of carbonyl (C=O) groups is 1. The molecule has 0 spiro atoms. The van der Waals surface area contributed by atoms with Gasteiger partial charge in [-0.25, -0.2) is 0 Å². The van der Waals surface area contributed by atoms with Gasteiger partial charge in [-0.15, -0.1) is 0 Å². The Balaban J connectivity index is 2.98. The van der Waals surface area contributed by atoms with Gasteiger partial charge in [0.05, 0.1) is 10.7 Å². The van der Waals surface area contributed by atoms with Gasteiger partial charge in [0.15, 0.2) is 5.76 Å². The lowest BCUT2D eigenvalue weighted by molar-refractivity contribution is 0.0362. The minimum absolute atomic E-state index is 0.173. The molecule has 4 heteroatoms. The number of carbonyl (C=O) groups excluding carboxylic acids is 1. The molecule has 0 aromatic carbocycles. The highest BCUT2D eigenvalue weighted by atomic mass is 79.9. The number of furan rings is 1. The second-order valence-electron chi connectivity index (χ2n) is 3.05. The fraction of sp³-hybridized carbons (Fsp3) is 0.444. The third kappa shape index (κ3) is 2.00. The minimum Gasteiger partial charge on any atom is -0.460 e. The highest BCUT2D eigenvalue weighted by Gasteiger charge is 2.32. The summed E-state index contributed by atoms with van der Waals surface area (Å²) in [5.41, 5.74) is -1.35. The van der Waals surface area contributed by atoms with E-state index in [2.05, 4.69) is 15.9 Å². The first-order valence-corrected chi connectivity index (χ1v) is 4.78. The van der Waals surface area contributed by atoms with Crippen LogP contribution in [0.15, 0.2) is 21.2 Å². The van der Waals surface area contributed by atoms with Gasteiger partial charge in [0.25, 0.3) is 0 Å². The van der Waals surface area contributed by atoms with Crippen LogP contribution in [-0.4, -0.2) is 16.5 Å². The quantitative estimate of drug-likeness (QED) is 0.834. The molecule has 0 amide bonds. The smallest absolute Gasteiger partial charge is 0.230 e. The van der Waals surface area contributed by atoms with Crippen LogP contribution in [0.4, 0.5) is 0 Å². The Morgan fingerprint density at radius 1 is 1.77 bits per heavy atom. The van der Waals surface area contributed by atoms with Crippen molar-refractivity contribution in [1.82, 2.24) is 0 Å². The lowest BCUT2D eigenvalue weighted by Crippen LogP contribution is -2.34. The van der Waals surface area contributed by atoms with E-state index in [1.54, 1.807) is 13.0 Å². The average Bonchev–Trinajstić information content (AvgIpc) is 2.50. The normalized spacial score (nSPS) is 15.4. The van der Waals surface area contributed by atoms with Crippen LogP contribution in [0.5, 0.6) is 0 Å². The number of hydrogen-bond donors (Lipinski definition) is 1. The molecule has 0 radical (unpaired) electrons. The van der Waals surface area contributed by atoms with Crippen LogP contribution in [0, 0.1) is 0 Å². The van der Waals surface area contributed by atoms with E-state index < -0.39 is 11.4 Å². The molecule has 1 aromatic heterocycles. The molecule has 0 aliphatic heterocycles. The number of ketones is 1. The summed E-state index contributed by atoms with van der Waals surface area (Å²) in [6.45, 7) is 3.22. The lowest BCUT2D eigenvalue weighted by atomic mass is 9.96. The van der Waals surface area contributed by atoms with E-state index in [0.717, 1.165) is 0 Å². The number of rotatable bonds is 3. The molecule has 13 heavy (non-hydrogen) atoms. The van der Waals surface area contributed by atoms with E-state index in [-0.39, 0.29) is 5.76 Å². The van der Waals surface area contributed by atoms with Crippen LogP contribution in [0.3, 0.4) is 0 Å². The van der Waals surface area contributed by atoms with E-state index >= 15 is 0 Å². The molecule has 1 atom stereocenters. The fourth-order valence-corrected chi connectivity index (χ4v) is 1.24. The molecule has 1 aromatic rings. The van der Waals surface area contributed by atoms with Crippen molar-refractivity contribution in [3.05, 3.63) is 22.6 Å². The number of Topliss-reactive ketones (excluding diaryl/α,β-unsaturated/α-hetero) is 1. The van der Waals surface area contributed by atoms with E-state index in [0.29, 0.717) is 10.9 Å². The Labute approximate surface area is 84.9 Å². The molecule has 0 fully saturated rings. The number of halogens is 1. The van der Waals surface area contributed by atoms with Crippen molar-refractivity contribution in [2.75, 3.05) is 0 Å². The third-order valence-electron chi connectivity index (χ3n) is 2.00. The van der Waals surface area contributed by atoms with E-state index in [9.17, 15) is 9.90 Å². The van der Waals surface area contributed by atoms with Gasteiger partial charge in [0, 0.05) is 0 Å². The summed E-state index contributed by atoms with van der Waals surface area (Å²) in [6, 6.07) is 1.62. The zero-order valence-corrected chi connectivity index (χ0v) is 9.09. The maximum absolute atomic E-state index is 11.6. The lowest BCUT2D eigenvalue weighted by Gasteiger charge is -2.17. The molecule has 72 valence electrons. The SMILES string of the molecule is CCC(C)(O)C(=O)c1occc1Br. The van der Waals surface area contributed by atoms with Gasteiger partial charge >= 0.3 is 0 Å². The van der Waals surface area contributed by atoms with Crippen molar-refractivity contribution >= 4 is 21.7 Å². The first kappa shape index (κ1) is 10.5. The minimum atomic E-state index is -1.35. The van der Waals surface area contributed by atoms with Crippen LogP contribution < -0.4 is 0 Å². The fourth-order valence-electron chi connectivity index (χ4n) is 0.861. The van der Waals surface area contributed by atoms with Crippen molar-refractivity contribution in [2.45, 2.75) is 25.9 Å². The van der Waals surface area contributed by atoms with Crippen molar-refractivity contribution in [3.63, 3.8) is 0 Å². The second-order valence-corrected chi connectivity index (χ2v) is 3.91. The number of aliphatic hydroxyl groups is 1. The van der Waals surface area contributed by atoms with Crippen molar-refractivity contribution in [1.29, 1.82) is 0 Å². The largest absolute Gasteiger partial charge is 0.460 e. The Hall–Kier alpha value is -0.610. The highest BCUT2D eigenvalue weighted by Crippen LogP contribution is 2.24. The zero-order valence-electron chi connectivity index (χ0n) is 7.50.